The Morgan fingerprint density at radius 3 is 1.96 bits per heavy atom. The zero-order valence-corrected chi connectivity index (χ0v) is 14.6. The Balaban J connectivity index is 2.19. The molecule has 27 heavy (non-hydrogen) atoms. The van der Waals surface area contributed by atoms with E-state index >= 15 is 0 Å². The van der Waals surface area contributed by atoms with E-state index in [2.05, 4.69) is 0 Å². The van der Waals surface area contributed by atoms with E-state index in [1.165, 1.54) is 43.1 Å². The first-order chi connectivity index (χ1) is 12.6. The van der Waals surface area contributed by atoms with E-state index in [4.69, 9.17) is 14.9 Å². The van der Waals surface area contributed by atoms with Crippen LogP contribution < -0.4 is 0 Å². The molecule has 0 radical (unpaired) electrons. The third-order valence-corrected chi connectivity index (χ3v) is 4.64. The summed E-state index contributed by atoms with van der Waals surface area (Å²) in [5.41, 5.74) is 0.222. The van der Waals surface area contributed by atoms with Crippen LogP contribution >= 0.6 is 0 Å². The molecule has 1 heterocycles. The van der Waals surface area contributed by atoms with Crippen LogP contribution in [0.3, 0.4) is 0 Å². The highest BCUT2D eigenvalue weighted by Crippen LogP contribution is 2.25. The van der Waals surface area contributed by atoms with Crippen LogP contribution in [0.5, 0.6) is 0 Å². The van der Waals surface area contributed by atoms with Crippen LogP contribution in [0.4, 0.5) is 0 Å². The van der Waals surface area contributed by atoms with Crippen molar-refractivity contribution in [3.63, 3.8) is 0 Å². The van der Waals surface area contributed by atoms with Crippen LogP contribution in [-0.2, 0) is 9.53 Å². The van der Waals surface area contributed by atoms with Gasteiger partial charge in [-0.15, -0.1) is 0 Å². The lowest BCUT2D eigenvalue weighted by Gasteiger charge is -2.43. The minimum Gasteiger partial charge on any atom is -0.479 e. The van der Waals surface area contributed by atoms with Gasteiger partial charge in [-0.2, -0.15) is 0 Å². The highest BCUT2D eigenvalue weighted by atomic mass is 16.6. The SMILES string of the molecule is CC(C(=O)c1ccc(C(=O)O)cc1)N(C)[C@@H]1O[C@H](C(=O)O)[C@@H](O)[C@H](O)[C@H]1O. The fourth-order valence-corrected chi connectivity index (χ4v) is 2.83. The van der Waals surface area contributed by atoms with Crippen LogP contribution in [0, 0.1) is 0 Å². The molecule has 10 nitrogen and oxygen atoms in total. The Morgan fingerprint density at radius 2 is 1.48 bits per heavy atom. The number of hydrogen-bond donors (Lipinski definition) is 5. The molecule has 5 N–H and O–H groups in total. The quantitative estimate of drug-likeness (QED) is 0.376. The van der Waals surface area contributed by atoms with Crippen molar-refractivity contribution in [2.45, 2.75) is 43.6 Å². The first kappa shape index (κ1) is 20.9. The fourth-order valence-electron chi connectivity index (χ4n) is 2.83. The van der Waals surface area contributed by atoms with Crippen molar-refractivity contribution >= 4 is 17.7 Å². The van der Waals surface area contributed by atoms with Gasteiger partial charge in [-0.05, 0) is 26.1 Å². The van der Waals surface area contributed by atoms with Crippen molar-refractivity contribution < 1.29 is 44.7 Å². The van der Waals surface area contributed by atoms with E-state index in [0.29, 0.717) is 0 Å². The van der Waals surface area contributed by atoms with Gasteiger partial charge in [0.25, 0.3) is 0 Å². The number of rotatable bonds is 6. The second-order valence-corrected chi connectivity index (χ2v) is 6.35. The summed E-state index contributed by atoms with van der Waals surface area (Å²) in [7, 11) is 1.39. The van der Waals surface area contributed by atoms with Crippen LogP contribution in [0.2, 0.25) is 0 Å². The average Bonchev–Trinajstić information content (AvgIpc) is 2.64. The number of Topliss-reactive ketones (excluding diaryl/α,β-unsaturated/α-hetero) is 1. The first-order valence-corrected chi connectivity index (χ1v) is 8.08. The van der Waals surface area contributed by atoms with Crippen LogP contribution in [0.25, 0.3) is 0 Å². The van der Waals surface area contributed by atoms with Crippen molar-refractivity contribution in [1.29, 1.82) is 0 Å². The van der Waals surface area contributed by atoms with Crippen LogP contribution in [0.1, 0.15) is 27.6 Å². The van der Waals surface area contributed by atoms with E-state index in [0.717, 1.165) is 0 Å². The zero-order valence-electron chi connectivity index (χ0n) is 14.6. The summed E-state index contributed by atoms with van der Waals surface area (Å²) in [6.07, 6.45) is -8.37. The number of carbonyl (C=O) groups is 3. The second-order valence-electron chi connectivity index (χ2n) is 6.35. The molecular formula is C17H21NO9. The standard InChI is InChI=1S/C17H21NO9/c1-7(10(19)8-3-5-9(6-4-8)16(23)24)18(2)15-13(22)11(20)12(21)14(27-15)17(25)26/h3-7,11-15,20-22H,1-2H3,(H,23,24)(H,25,26)/t7?,11-,12-,13+,14-,15+/m0/s1. The maximum Gasteiger partial charge on any atom is 0.335 e. The predicted octanol–water partition coefficient (Wildman–Crippen LogP) is -1.22. The number of aromatic carboxylic acids is 1. The van der Waals surface area contributed by atoms with Gasteiger partial charge < -0.3 is 30.3 Å². The highest BCUT2D eigenvalue weighted by molar-refractivity contribution is 6.00. The van der Waals surface area contributed by atoms with Gasteiger partial charge in [0, 0.05) is 5.56 Å². The molecule has 148 valence electrons. The topological polar surface area (TPSA) is 165 Å². The maximum absolute atomic E-state index is 12.6. The van der Waals surface area contributed by atoms with Gasteiger partial charge in [0.2, 0.25) is 0 Å². The molecule has 0 aliphatic carbocycles. The number of hydrogen-bond acceptors (Lipinski definition) is 8. The largest absolute Gasteiger partial charge is 0.479 e. The minimum atomic E-state index is -1.82. The zero-order chi connectivity index (χ0) is 20.5. The lowest BCUT2D eigenvalue weighted by atomic mass is 9.96. The first-order valence-electron chi connectivity index (χ1n) is 8.08. The van der Waals surface area contributed by atoms with Crippen molar-refractivity contribution in [1.82, 2.24) is 4.90 Å². The predicted molar refractivity (Wildman–Crippen MR) is 89.3 cm³/mol. The number of aliphatic hydroxyl groups excluding tert-OH is 3. The van der Waals surface area contributed by atoms with E-state index < -0.39 is 54.4 Å². The number of nitrogens with zero attached hydrogens (tertiary/aromatic N) is 1. The Bertz CT molecular complexity index is 720. The maximum atomic E-state index is 12.6. The molecule has 10 heteroatoms. The van der Waals surface area contributed by atoms with Crippen molar-refractivity contribution in [2.24, 2.45) is 0 Å². The Kier molecular flexibility index (Phi) is 6.29. The number of likely N-dealkylation sites (N-methyl/N-ethyl adjacent to an activating group) is 1. The summed E-state index contributed by atoms with van der Waals surface area (Å²) in [6, 6.07) is 4.32. The van der Waals surface area contributed by atoms with Crippen molar-refractivity contribution in [3.8, 4) is 0 Å². The third-order valence-electron chi connectivity index (χ3n) is 4.64. The molecule has 0 amide bonds. The molecule has 6 atom stereocenters. The minimum absolute atomic E-state index is 0.0139. The Hall–Kier alpha value is -2.37. The molecule has 1 saturated heterocycles. The van der Waals surface area contributed by atoms with Crippen LogP contribution in [-0.4, -0.2) is 91.9 Å². The highest BCUT2D eigenvalue weighted by Gasteiger charge is 2.49. The van der Waals surface area contributed by atoms with Crippen molar-refractivity contribution in [3.05, 3.63) is 35.4 Å². The Labute approximate surface area is 154 Å². The Morgan fingerprint density at radius 1 is 0.963 bits per heavy atom. The molecule has 1 aromatic carbocycles. The number of ketones is 1. The number of benzene rings is 1. The normalized spacial score (nSPS) is 29.3. The molecule has 1 aliphatic heterocycles. The molecule has 0 aromatic heterocycles. The van der Waals surface area contributed by atoms with E-state index in [-0.39, 0.29) is 11.1 Å². The van der Waals surface area contributed by atoms with E-state index in [1.54, 1.807) is 0 Å². The molecule has 1 fully saturated rings. The number of carbonyl (C=O) groups excluding carboxylic acids is 1. The summed E-state index contributed by atoms with van der Waals surface area (Å²) in [4.78, 5) is 35.9. The molecule has 0 spiro atoms. The molecule has 0 saturated carbocycles. The summed E-state index contributed by atoms with van der Waals surface area (Å²) in [5, 5.41) is 47.7. The number of aliphatic hydroxyl groups is 3. The number of carboxylic acids is 2. The smallest absolute Gasteiger partial charge is 0.335 e. The molecule has 0 bridgehead atoms. The third kappa shape index (κ3) is 4.15. The monoisotopic (exact) mass is 383 g/mol. The van der Waals surface area contributed by atoms with Gasteiger partial charge in [-0.1, -0.05) is 12.1 Å². The fraction of sp³-hybridized carbons (Fsp3) is 0.471. The van der Waals surface area contributed by atoms with Gasteiger partial charge in [0.1, 0.15) is 24.5 Å². The van der Waals surface area contributed by atoms with Gasteiger partial charge in [-0.3, -0.25) is 9.69 Å². The van der Waals surface area contributed by atoms with E-state index in [1.807, 2.05) is 0 Å². The molecule has 1 unspecified atom stereocenters. The van der Waals surface area contributed by atoms with Crippen molar-refractivity contribution in [2.75, 3.05) is 7.05 Å². The summed E-state index contributed by atoms with van der Waals surface area (Å²) in [6.45, 7) is 1.48. The van der Waals surface area contributed by atoms with Gasteiger partial charge in [0.05, 0.1) is 11.6 Å². The molecule has 1 aromatic rings. The number of carboxylic acid groups (broad SMARTS) is 2. The summed E-state index contributed by atoms with van der Waals surface area (Å²) < 4.78 is 5.20. The van der Waals surface area contributed by atoms with Gasteiger partial charge in [0.15, 0.2) is 11.9 Å². The summed E-state index contributed by atoms with van der Waals surface area (Å²) >= 11 is 0. The molecular weight excluding hydrogens is 362 g/mol. The second kappa shape index (κ2) is 8.11. The number of aliphatic carboxylic acids is 1. The van der Waals surface area contributed by atoms with Crippen LogP contribution in [0.15, 0.2) is 24.3 Å². The average molecular weight is 383 g/mol. The summed E-state index contributed by atoms with van der Waals surface area (Å²) in [5.74, 6) is -3.09. The van der Waals surface area contributed by atoms with Gasteiger partial charge >= 0.3 is 11.9 Å². The number of ether oxygens (including phenoxy) is 1. The van der Waals surface area contributed by atoms with E-state index in [9.17, 15) is 29.7 Å². The van der Waals surface area contributed by atoms with Gasteiger partial charge in [-0.25, -0.2) is 9.59 Å². The molecule has 2 rings (SSSR count). The lowest BCUT2D eigenvalue weighted by Crippen LogP contribution is -2.65. The lowest BCUT2D eigenvalue weighted by molar-refractivity contribution is -0.258. The molecule has 1 aliphatic rings.